The van der Waals surface area contributed by atoms with Crippen molar-refractivity contribution in [2.45, 2.75) is 6.92 Å². The predicted octanol–water partition coefficient (Wildman–Crippen LogP) is 0.921. The van der Waals surface area contributed by atoms with Gasteiger partial charge in [0.15, 0.2) is 5.82 Å². The van der Waals surface area contributed by atoms with E-state index in [4.69, 9.17) is 10.00 Å². The minimum atomic E-state index is 0.606. The van der Waals surface area contributed by atoms with Crippen LogP contribution in [-0.2, 0) is 4.74 Å². The van der Waals surface area contributed by atoms with Crippen LogP contribution in [0.3, 0.4) is 0 Å². The highest BCUT2D eigenvalue weighted by molar-refractivity contribution is 5.54. The number of pyridine rings is 1. The molecule has 1 fully saturated rings. The number of hydrogen-bond acceptors (Lipinski definition) is 5. The summed E-state index contributed by atoms with van der Waals surface area (Å²) in [6.45, 7) is 4.94. The molecule has 16 heavy (non-hydrogen) atoms. The van der Waals surface area contributed by atoms with E-state index in [0.29, 0.717) is 24.6 Å². The molecule has 0 saturated carbocycles. The molecule has 2 heterocycles. The van der Waals surface area contributed by atoms with Crippen molar-refractivity contribution in [2.75, 3.05) is 31.7 Å². The molecule has 0 atom stereocenters. The molecule has 0 bridgehead atoms. The fourth-order valence-electron chi connectivity index (χ4n) is 1.61. The maximum atomic E-state index is 9.06. The van der Waals surface area contributed by atoms with Crippen LogP contribution >= 0.6 is 0 Å². The number of morpholine rings is 1. The maximum absolute atomic E-state index is 9.06. The molecular weight excluding hydrogens is 204 g/mol. The van der Waals surface area contributed by atoms with Crippen LogP contribution in [0.15, 0.2) is 12.3 Å². The summed E-state index contributed by atoms with van der Waals surface area (Å²) in [6.07, 6.45) is 1.71. The summed E-state index contributed by atoms with van der Waals surface area (Å²) in [4.78, 5) is 4.19. The van der Waals surface area contributed by atoms with Crippen molar-refractivity contribution in [1.82, 2.24) is 9.99 Å². The third kappa shape index (κ3) is 2.30. The number of hydrogen-bond donors (Lipinski definition) is 1. The van der Waals surface area contributed by atoms with Gasteiger partial charge in [0.2, 0.25) is 0 Å². The Kier molecular flexibility index (Phi) is 3.34. The van der Waals surface area contributed by atoms with E-state index in [1.54, 1.807) is 6.20 Å². The Morgan fingerprint density at radius 2 is 2.25 bits per heavy atom. The van der Waals surface area contributed by atoms with E-state index in [0.717, 1.165) is 18.7 Å². The minimum Gasteiger partial charge on any atom is -0.379 e. The molecule has 0 aromatic carbocycles. The Labute approximate surface area is 94.6 Å². The largest absolute Gasteiger partial charge is 0.379 e. The van der Waals surface area contributed by atoms with Crippen molar-refractivity contribution in [3.63, 3.8) is 0 Å². The molecule has 2 rings (SSSR count). The number of rotatable bonds is 2. The van der Waals surface area contributed by atoms with Crippen molar-refractivity contribution in [3.8, 4) is 6.07 Å². The van der Waals surface area contributed by atoms with Gasteiger partial charge in [-0.3, -0.25) is 0 Å². The second kappa shape index (κ2) is 4.92. The lowest BCUT2D eigenvalue weighted by atomic mass is 10.1. The third-order valence-electron chi connectivity index (χ3n) is 2.55. The van der Waals surface area contributed by atoms with Crippen LogP contribution in [0, 0.1) is 18.3 Å². The molecule has 1 aliphatic heterocycles. The maximum Gasteiger partial charge on any atom is 0.158 e. The predicted molar refractivity (Wildman–Crippen MR) is 59.7 cm³/mol. The molecule has 1 aromatic rings. The van der Waals surface area contributed by atoms with Crippen molar-refractivity contribution in [2.24, 2.45) is 0 Å². The third-order valence-corrected chi connectivity index (χ3v) is 2.55. The molecule has 1 aliphatic rings. The molecule has 0 radical (unpaired) electrons. The summed E-state index contributed by atoms with van der Waals surface area (Å²) >= 11 is 0. The second-order valence-electron chi connectivity index (χ2n) is 3.67. The second-order valence-corrected chi connectivity index (χ2v) is 3.67. The van der Waals surface area contributed by atoms with Crippen molar-refractivity contribution in [3.05, 3.63) is 23.4 Å². The Bertz CT molecular complexity index is 407. The quantitative estimate of drug-likeness (QED) is 0.799. The summed E-state index contributed by atoms with van der Waals surface area (Å²) < 4.78 is 5.25. The minimum absolute atomic E-state index is 0.606. The Hall–Kier alpha value is -1.64. The summed E-state index contributed by atoms with van der Waals surface area (Å²) in [6, 6.07) is 4.01. The van der Waals surface area contributed by atoms with E-state index in [9.17, 15) is 0 Å². The summed E-state index contributed by atoms with van der Waals surface area (Å²) in [5, 5.41) is 11.1. The Morgan fingerprint density at radius 3 is 2.94 bits per heavy atom. The molecule has 1 saturated heterocycles. The van der Waals surface area contributed by atoms with Gasteiger partial charge in [-0.1, -0.05) is 0 Å². The fraction of sp³-hybridized carbons (Fsp3) is 0.455. The van der Waals surface area contributed by atoms with Gasteiger partial charge in [0.05, 0.1) is 18.8 Å². The molecule has 0 spiro atoms. The van der Waals surface area contributed by atoms with Crippen molar-refractivity contribution in [1.29, 1.82) is 5.26 Å². The van der Waals surface area contributed by atoms with E-state index in [-0.39, 0.29) is 0 Å². The molecule has 1 aromatic heterocycles. The Balaban J connectivity index is 2.14. The zero-order chi connectivity index (χ0) is 11.4. The number of hydrazine groups is 1. The first-order valence-corrected chi connectivity index (χ1v) is 5.26. The first-order chi connectivity index (χ1) is 7.81. The van der Waals surface area contributed by atoms with Crippen LogP contribution in [0.5, 0.6) is 0 Å². The van der Waals surface area contributed by atoms with Crippen LogP contribution in [0.4, 0.5) is 5.82 Å². The lowest BCUT2D eigenvalue weighted by molar-refractivity contribution is 0.0495. The van der Waals surface area contributed by atoms with Gasteiger partial charge in [0.25, 0.3) is 0 Å². The number of nitrogens with one attached hydrogen (secondary N) is 1. The summed E-state index contributed by atoms with van der Waals surface area (Å²) in [7, 11) is 0. The molecule has 0 aliphatic carbocycles. The van der Waals surface area contributed by atoms with E-state index in [2.05, 4.69) is 16.5 Å². The molecule has 0 unspecified atom stereocenters. The molecule has 84 valence electrons. The Morgan fingerprint density at radius 1 is 1.50 bits per heavy atom. The highest BCUT2D eigenvalue weighted by atomic mass is 16.5. The first kappa shape index (κ1) is 10.9. The normalized spacial score (nSPS) is 16.8. The lowest BCUT2D eigenvalue weighted by Crippen LogP contribution is -2.40. The first-order valence-electron chi connectivity index (χ1n) is 5.26. The highest BCUT2D eigenvalue weighted by Crippen LogP contribution is 2.16. The molecule has 5 nitrogen and oxygen atoms in total. The van der Waals surface area contributed by atoms with Gasteiger partial charge >= 0.3 is 0 Å². The van der Waals surface area contributed by atoms with Crippen LogP contribution in [0.2, 0.25) is 0 Å². The fourth-order valence-corrected chi connectivity index (χ4v) is 1.61. The topological polar surface area (TPSA) is 61.2 Å². The number of anilines is 1. The number of aryl methyl sites for hydroxylation is 1. The van der Waals surface area contributed by atoms with Crippen molar-refractivity contribution >= 4 is 5.82 Å². The lowest BCUT2D eigenvalue weighted by Gasteiger charge is -2.27. The van der Waals surface area contributed by atoms with Crippen molar-refractivity contribution < 1.29 is 4.74 Å². The van der Waals surface area contributed by atoms with Gasteiger partial charge in [-0.15, -0.1) is 0 Å². The number of aromatic nitrogens is 1. The van der Waals surface area contributed by atoms with E-state index in [1.807, 2.05) is 18.0 Å². The van der Waals surface area contributed by atoms with Gasteiger partial charge in [-0.25, -0.2) is 9.99 Å². The zero-order valence-corrected chi connectivity index (χ0v) is 9.23. The summed E-state index contributed by atoms with van der Waals surface area (Å²) in [5.74, 6) is 0.629. The van der Waals surface area contributed by atoms with Gasteiger partial charge in [0, 0.05) is 19.3 Å². The summed E-state index contributed by atoms with van der Waals surface area (Å²) in [5.41, 5.74) is 4.70. The standard InChI is InChI=1S/C11H14N4O/c1-9-2-3-13-11(10(9)8-12)14-15-4-6-16-7-5-15/h2-3H,4-7H2,1H3,(H,13,14). The number of ether oxygens (including phenoxy) is 1. The van der Waals surface area contributed by atoms with Crippen LogP contribution in [0.1, 0.15) is 11.1 Å². The average molecular weight is 218 g/mol. The number of nitrogens with zero attached hydrogens (tertiary/aromatic N) is 3. The van der Waals surface area contributed by atoms with Gasteiger partial charge in [-0.2, -0.15) is 5.26 Å². The van der Waals surface area contributed by atoms with Gasteiger partial charge < -0.3 is 10.2 Å². The average Bonchev–Trinajstić information content (AvgIpc) is 2.31. The molecule has 5 heteroatoms. The monoisotopic (exact) mass is 218 g/mol. The molecule has 0 amide bonds. The van der Waals surface area contributed by atoms with E-state index >= 15 is 0 Å². The van der Waals surface area contributed by atoms with Crippen LogP contribution in [0.25, 0.3) is 0 Å². The van der Waals surface area contributed by atoms with Gasteiger partial charge in [-0.05, 0) is 18.6 Å². The van der Waals surface area contributed by atoms with E-state index in [1.165, 1.54) is 0 Å². The smallest absolute Gasteiger partial charge is 0.158 e. The van der Waals surface area contributed by atoms with Crippen LogP contribution in [-0.4, -0.2) is 36.3 Å². The van der Waals surface area contributed by atoms with Crippen LogP contribution < -0.4 is 5.43 Å². The SMILES string of the molecule is Cc1ccnc(NN2CCOCC2)c1C#N. The molecular formula is C11H14N4O. The van der Waals surface area contributed by atoms with Gasteiger partial charge in [0.1, 0.15) is 6.07 Å². The molecule has 1 N–H and O–H groups in total. The highest BCUT2D eigenvalue weighted by Gasteiger charge is 2.13. The van der Waals surface area contributed by atoms with E-state index < -0.39 is 0 Å². The zero-order valence-electron chi connectivity index (χ0n) is 9.23. The number of nitriles is 1.